The Labute approximate surface area is 136 Å². The first-order chi connectivity index (χ1) is 10.4. The Morgan fingerprint density at radius 2 is 0.773 bits per heavy atom. The number of hydrogen-bond donors (Lipinski definition) is 0. The van der Waals surface area contributed by atoms with Crippen LogP contribution in [-0.2, 0) is 12.8 Å². The Balaban J connectivity index is 1.93. The zero-order valence-corrected chi connectivity index (χ0v) is 15.1. The van der Waals surface area contributed by atoms with Crippen LogP contribution in [0.25, 0.3) is 0 Å². The largest absolute Gasteiger partial charge is 0.0558 e. The fourth-order valence-electron chi connectivity index (χ4n) is 3.21. The fourth-order valence-corrected chi connectivity index (χ4v) is 3.21. The first-order valence-corrected chi connectivity index (χ1v) is 8.52. The van der Waals surface area contributed by atoms with Crippen LogP contribution in [0.5, 0.6) is 0 Å². The van der Waals surface area contributed by atoms with Crippen molar-refractivity contribution >= 4 is 0 Å². The van der Waals surface area contributed by atoms with Gasteiger partial charge in [-0.2, -0.15) is 0 Å². The van der Waals surface area contributed by atoms with Gasteiger partial charge in [0.05, 0.1) is 0 Å². The van der Waals surface area contributed by atoms with E-state index in [1.165, 1.54) is 70.2 Å². The summed E-state index contributed by atoms with van der Waals surface area (Å²) < 4.78 is 0. The summed E-state index contributed by atoms with van der Waals surface area (Å²) >= 11 is 0. The lowest BCUT2D eigenvalue weighted by molar-refractivity contribution is 0.728. The molecule has 0 heterocycles. The lowest BCUT2D eigenvalue weighted by atomic mass is 9.94. The molecule has 0 aliphatic rings. The smallest absolute Gasteiger partial charge is 0.0276 e. The number of rotatable bonds is 5. The van der Waals surface area contributed by atoms with Crippen molar-refractivity contribution in [2.24, 2.45) is 0 Å². The minimum absolute atomic E-state index is 1.21. The molecule has 2 aromatic rings. The van der Waals surface area contributed by atoms with Gasteiger partial charge in [-0.15, -0.1) is 0 Å². The highest BCUT2D eigenvalue weighted by Gasteiger charge is 2.04. The van der Waals surface area contributed by atoms with E-state index in [0.29, 0.717) is 0 Å². The Hall–Kier alpha value is -1.56. The van der Waals surface area contributed by atoms with Crippen molar-refractivity contribution in [1.29, 1.82) is 0 Å². The molecule has 0 atom stereocenters. The van der Waals surface area contributed by atoms with Gasteiger partial charge >= 0.3 is 0 Å². The third-order valence-corrected chi connectivity index (χ3v) is 5.05. The van der Waals surface area contributed by atoms with Gasteiger partial charge in [-0.05, 0) is 112 Å². The van der Waals surface area contributed by atoms with Crippen LogP contribution >= 0.6 is 0 Å². The van der Waals surface area contributed by atoms with E-state index in [1.54, 1.807) is 0 Å². The van der Waals surface area contributed by atoms with E-state index in [1.807, 2.05) is 0 Å². The molecule has 0 amide bonds. The van der Waals surface area contributed by atoms with Crippen LogP contribution in [0.3, 0.4) is 0 Å². The van der Waals surface area contributed by atoms with Crippen LogP contribution in [0.2, 0.25) is 0 Å². The molecule has 0 radical (unpaired) electrons. The topological polar surface area (TPSA) is 0 Å². The van der Waals surface area contributed by atoms with Crippen molar-refractivity contribution in [2.45, 2.75) is 67.2 Å². The summed E-state index contributed by atoms with van der Waals surface area (Å²) in [5.74, 6) is 0. The highest BCUT2D eigenvalue weighted by atomic mass is 14.1. The van der Waals surface area contributed by atoms with Crippen LogP contribution in [0.15, 0.2) is 24.3 Å². The number of benzene rings is 2. The molecule has 118 valence electrons. The highest BCUT2D eigenvalue weighted by Crippen LogP contribution is 2.20. The van der Waals surface area contributed by atoms with Crippen molar-refractivity contribution in [2.75, 3.05) is 0 Å². The molecule has 0 fully saturated rings. The van der Waals surface area contributed by atoms with Gasteiger partial charge in [0.2, 0.25) is 0 Å². The molecule has 0 spiro atoms. The molecule has 0 heteroatoms. The third-order valence-electron chi connectivity index (χ3n) is 5.05. The van der Waals surface area contributed by atoms with Gasteiger partial charge in [-0.1, -0.05) is 24.3 Å². The SMILES string of the molecule is Cc1cc(C)c(CCCCc2cc(C)c(C)cc2C)cc1C. The average molecular weight is 294 g/mol. The number of aryl methyl sites for hydroxylation is 8. The second-order valence-corrected chi connectivity index (χ2v) is 6.93. The van der Waals surface area contributed by atoms with E-state index in [9.17, 15) is 0 Å². The Kier molecular flexibility index (Phi) is 5.45. The normalized spacial score (nSPS) is 11.0. The van der Waals surface area contributed by atoms with E-state index < -0.39 is 0 Å². The van der Waals surface area contributed by atoms with Crippen molar-refractivity contribution in [1.82, 2.24) is 0 Å². The van der Waals surface area contributed by atoms with E-state index in [2.05, 4.69) is 65.8 Å². The van der Waals surface area contributed by atoms with E-state index in [0.717, 1.165) is 0 Å². The molecule has 22 heavy (non-hydrogen) atoms. The van der Waals surface area contributed by atoms with Gasteiger partial charge in [0.15, 0.2) is 0 Å². The van der Waals surface area contributed by atoms with Gasteiger partial charge in [0.25, 0.3) is 0 Å². The van der Waals surface area contributed by atoms with E-state index >= 15 is 0 Å². The lowest BCUT2D eigenvalue weighted by Crippen LogP contribution is -1.97. The van der Waals surface area contributed by atoms with Gasteiger partial charge in [-0.3, -0.25) is 0 Å². The van der Waals surface area contributed by atoms with Gasteiger partial charge in [0, 0.05) is 0 Å². The number of unbranched alkanes of at least 4 members (excludes halogenated alkanes) is 1. The third kappa shape index (κ3) is 4.00. The molecule has 0 aliphatic heterocycles. The molecule has 0 unspecified atom stereocenters. The first-order valence-electron chi connectivity index (χ1n) is 8.52. The quantitative estimate of drug-likeness (QED) is 0.584. The lowest BCUT2D eigenvalue weighted by Gasteiger charge is -2.11. The predicted octanol–water partition coefficient (Wildman–Crippen LogP) is 6.10. The summed E-state index contributed by atoms with van der Waals surface area (Å²) in [6.07, 6.45) is 4.96. The van der Waals surface area contributed by atoms with Gasteiger partial charge in [-0.25, -0.2) is 0 Å². The summed E-state index contributed by atoms with van der Waals surface area (Å²) in [6.45, 7) is 13.3. The van der Waals surface area contributed by atoms with Crippen molar-refractivity contribution in [3.05, 3.63) is 68.8 Å². The summed E-state index contributed by atoms with van der Waals surface area (Å²) in [7, 11) is 0. The van der Waals surface area contributed by atoms with Crippen LogP contribution in [0.4, 0.5) is 0 Å². The molecular weight excluding hydrogens is 264 g/mol. The summed E-state index contributed by atoms with van der Waals surface area (Å²) in [6, 6.07) is 9.42. The first kappa shape index (κ1) is 16.8. The van der Waals surface area contributed by atoms with Gasteiger partial charge in [0.1, 0.15) is 0 Å². The standard InChI is InChI=1S/C22H30/c1-15-11-19(5)21(13-17(15)3)9-7-8-10-22-14-18(4)16(2)12-20(22)6/h11-14H,7-10H2,1-6H3. The molecule has 0 aliphatic carbocycles. The Morgan fingerprint density at radius 3 is 1.14 bits per heavy atom. The molecule has 0 saturated carbocycles. The summed E-state index contributed by atoms with van der Waals surface area (Å²) in [5.41, 5.74) is 11.6. The molecular formula is C22H30. The molecule has 0 aromatic heterocycles. The van der Waals surface area contributed by atoms with Crippen molar-refractivity contribution < 1.29 is 0 Å². The van der Waals surface area contributed by atoms with Crippen LogP contribution in [0, 0.1) is 41.5 Å². The molecule has 2 rings (SSSR count). The van der Waals surface area contributed by atoms with Crippen LogP contribution in [0.1, 0.15) is 57.3 Å². The van der Waals surface area contributed by atoms with E-state index in [4.69, 9.17) is 0 Å². The second kappa shape index (κ2) is 7.13. The maximum absolute atomic E-state index is 2.38. The monoisotopic (exact) mass is 294 g/mol. The summed E-state index contributed by atoms with van der Waals surface area (Å²) in [5, 5.41) is 0. The zero-order chi connectivity index (χ0) is 16.3. The summed E-state index contributed by atoms with van der Waals surface area (Å²) in [4.78, 5) is 0. The Bertz CT molecular complexity index is 603. The highest BCUT2D eigenvalue weighted by molar-refractivity contribution is 5.37. The van der Waals surface area contributed by atoms with Gasteiger partial charge < -0.3 is 0 Å². The van der Waals surface area contributed by atoms with Crippen LogP contribution in [-0.4, -0.2) is 0 Å². The zero-order valence-electron chi connectivity index (χ0n) is 15.1. The fraction of sp³-hybridized carbons (Fsp3) is 0.455. The Morgan fingerprint density at radius 1 is 0.455 bits per heavy atom. The predicted molar refractivity (Wildman–Crippen MR) is 97.9 cm³/mol. The molecule has 0 nitrogen and oxygen atoms in total. The van der Waals surface area contributed by atoms with Crippen LogP contribution < -0.4 is 0 Å². The molecule has 0 saturated heterocycles. The molecule has 2 aromatic carbocycles. The maximum atomic E-state index is 2.38. The average Bonchev–Trinajstić information content (AvgIpc) is 2.45. The maximum Gasteiger partial charge on any atom is -0.0276 e. The molecule has 0 bridgehead atoms. The minimum atomic E-state index is 1.21. The minimum Gasteiger partial charge on any atom is -0.0558 e. The van der Waals surface area contributed by atoms with Crippen molar-refractivity contribution in [3.8, 4) is 0 Å². The molecule has 0 N–H and O–H groups in total. The van der Waals surface area contributed by atoms with Crippen molar-refractivity contribution in [3.63, 3.8) is 0 Å². The second-order valence-electron chi connectivity index (χ2n) is 6.93. The number of hydrogen-bond acceptors (Lipinski definition) is 0. The van der Waals surface area contributed by atoms with E-state index in [-0.39, 0.29) is 0 Å².